The number of thioether (sulfide) groups is 1. The molecule has 1 aliphatic rings. The van der Waals surface area contributed by atoms with Crippen LogP contribution in [-0.2, 0) is 6.54 Å². The molecule has 4 rings (SSSR count). The smallest absolute Gasteiger partial charge is 0.192 e. The Labute approximate surface area is 175 Å². The second-order valence-corrected chi connectivity index (χ2v) is 8.58. The molecule has 1 aromatic carbocycles. The van der Waals surface area contributed by atoms with Crippen LogP contribution in [0.5, 0.6) is 11.5 Å². The molecule has 0 bridgehead atoms. The maximum absolute atomic E-state index is 12.4. The predicted octanol–water partition coefficient (Wildman–Crippen LogP) is 4.67. The highest BCUT2D eigenvalue weighted by atomic mass is 35.5. The monoisotopic (exact) mass is 433 g/mol. The minimum absolute atomic E-state index is 0.00257. The van der Waals surface area contributed by atoms with Gasteiger partial charge in [0.05, 0.1) is 15.0 Å². The fraction of sp³-hybridized carbons (Fsp3) is 0.211. The lowest BCUT2D eigenvalue weighted by Crippen LogP contribution is -2.25. The molecule has 6 nitrogen and oxygen atoms in total. The van der Waals surface area contributed by atoms with Gasteiger partial charge in [-0.25, -0.2) is 0 Å². The third kappa shape index (κ3) is 3.94. The molecule has 0 saturated carbocycles. The maximum Gasteiger partial charge on any atom is 0.192 e. The fourth-order valence-electron chi connectivity index (χ4n) is 2.76. The van der Waals surface area contributed by atoms with Crippen molar-refractivity contribution in [2.75, 3.05) is 12.4 Å². The van der Waals surface area contributed by atoms with Crippen LogP contribution in [0.3, 0.4) is 0 Å². The van der Waals surface area contributed by atoms with E-state index in [-0.39, 0.29) is 17.6 Å². The molecule has 144 valence electrons. The minimum Gasteiger partial charge on any atom is -0.485 e. The molecule has 1 aliphatic heterocycles. The van der Waals surface area contributed by atoms with Crippen LogP contribution < -0.4 is 9.47 Å². The van der Waals surface area contributed by atoms with Gasteiger partial charge in [-0.1, -0.05) is 41.6 Å². The zero-order valence-corrected chi connectivity index (χ0v) is 17.1. The van der Waals surface area contributed by atoms with Crippen LogP contribution in [0.25, 0.3) is 0 Å². The van der Waals surface area contributed by atoms with Gasteiger partial charge >= 0.3 is 0 Å². The Balaban J connectivity index is 1.51. The summed E-state index contributed by atoms with van der Waals surface area (Å²) in [5.41, 5.74) is 0. The first-order valence-corrected chi connectivity index (χ1v) is 10.7. The van der Waals surface area contributed by atoms with Gasteiger partial charge in [-0.3, -0.25) is 9.36 Å². The van der Waals surface area contributed by atoms with Gasteiger partial charge < -0.3 is 9.47 Å². The first-order chi connectivity index (χ1) is 13.7. The Morgan fingerprint density at radius 1 is 1.32 bits per heavy atom. The first kappa shape index (κ1) is 19.0. The molecule has 0 saturated heterocycles. The van der Waals surface area contributed by atoms with Gasteiger partial charge in [0, 0.05) is 6.54 Å². The third-order valence-corrected chi connectivity index (χ3v) is 6.27. The van der Waals surface area contributed by atoms with Crippen molar-refractivity contribution in [1.29, 1.82) is 0 Å². The first-order valence-electron chi connectivity index (χ1n) is 8.49. The molecule has 3 aromatic rings. The van der Waals surface area contributed by atoms with Gasteiger partial charge in [-0.2, -0.15) is 0 Å². The second kappa shape index (κ2) is 8.38. The van der Waals surface area contributed by atoms with Gasteiger partial charge in [0.1, 0.15) is 6.61 Å². The lowest BCUT2D eigenvalue weighted by atomic mass is 10.2. The van der Waals surface area contributed by atoms with E-state index in [9.17, 15) is 4.79 Å². The van der Waals surface area contributed by atoms with Crippen molar-refractivity contribution < 1.29 is 14.3 Å². The number of hydrogen-bond donors (Lipinski definition) is 0. The number of nitrogens with zero attached hydrogens (tertiary/aromatic N) is 3. The number of thiophene rings is 1. The summed E-state index contributed by atoms with van der Waals surface area (Å²) < 4.78 is 14.3. The number of ether oxygens (including phenoxy) is 2. The zero-order chi connectivity index (χ0) is 19.5. The summed E-state index contributed by atoms with van der Waals surface area (Å²) in [4.78, 5) is 13.0. The van der Waals surface area contributed by atoms with Crippen LogP contribution in [0, 0.1) is 0 Å². The van der Waals surface area contributed by atoms with E-state index >= 15 is 0 Å². The molecule has 0 spiro atoms. The number of fused-ring (bicyclic) bond motifs is 1. The number of rotatable bonds is 7. The van der Waals surface area contributed by atoms with Crippen LogP contribution in [0.15, 0.2) is 54.2 Å². The molecule has 0 radical (unpaired) electrons. The van der Waals surface area contributed by atoms with Crippen molar-refractivity contribution in [3.05, 3.63) is 64.1 Å². The van der Waals surface area contributed by atoms with Crippen molar-refractivity contribution >= 4 is 40.5 Å². The normalized spacial score (nSPS) is 15.4. The average molecular weight is 434 g/mol. The van der Waals surface area contributed by atoms with Gasteiger partial charge in [-0.15, -0.1) is 28.1 Å². The van der Waals surface area contributed by atoms with Crippen molar-refractivity contribution in [2.24, 2.45) is 0 Å². The summed E-state index contributed by atoms with van der Waals surface area (Å²) in [6.07, 6.45) is 1.37. The number of allylic oxidation sites excluding steroid dienone is 1. The number of carbonyl (C=O) groups is 1. The largest absolute Gasteiger partial charge is 0.485 e. The van der Waals surface area contributed by atoms with E-state index in [2.05, 4.69) is 16.8 Å². The highest BCUT2D eigenvalue weighted by Gasteiger charge is 2.28. The number of hydrogen-bond acceptors (Lipinski definition) is 7. The molecular weight excluding hydrogens is 418 g/mol. The van der Waals surface area contributed by atoms with Crippen LogP contribution in [0.2, 0.25) is 4.34 Å². The highest BCUT2D eigenvalue weighted by Crippen LogP contribution is 2.36. The number of aromatic nitrogens is 3. The summed E-state index contributed by atoms with van der Waals surface area (Å²) in [5.74, 6) is 2.28. The number of Topliss-reactive ketones (excluding diaryl/α,β-unsaturated/α-hetero) is 1. The highest BCUT2D eigenvalue weighted by molar-refractivity contribution is 7.99. The van der Waals surface area contributed by atoms with E-state index in [0.717, 1.165) is 0 Å². The van der Waals surface area contributed by atoms with Crippen molar-refractivity contribution in [2.45, 2.75) is 17.8 Å². The van der Waals surface area contributed by atoms with Gasteiger partial charge in [0.15, 0.2) is 34.4 Å². The van der Waals surface area contributed by atoms with E-state index in [0.29, 0.717) is 44.8 Å². The zero-order valence-electron chi connectivity index (χ0n) is 14.7. The van der Waals surface area contributed by atoms with E-state index in [4.69, 9.17) is 21.1 Å². The molecule has 0 unspecified atom stereocenters. The number of halogens is 1. The molecule has 0 fully saturated rings. The molecule has 9 heteroatoms. The van der Waals surface area contributed by atoms with Crippen LogP contribution in [0.1, 0.15) is 21.6 Å². The van der Waals surface area contributed by atoms with E-state index in [1.807, 2.05) is 28.8 Å². The van der Waals surface area contributed by atoms with Gasteiger partial charge in [0.25, 0.3) is 0 Å². The van der Waals surface area contributed by atoms with Crippen LogP contribution >= 0.6 is 34.7 Å². The molecule has 0 amide bonds. The second-order valence-electron chi connectivity index (χ2n) is 5.92. The van der Waals surface area contributed by atoms with Gasteiger partial charge in [0.2, 0.25) is 0 Å². The summed E-state index contributed by atoms with van der Waals surface area (Å²) in [7, 11) is 0. The lowest BCUT2D eigenvalue weighted by Gasteiger charge is -2.26. The Morgan fingerprint density at radius 3 is 2.89 bits per heavy atom. The van der Waals surface area contributed by atoms with Crippen molar-refractivity contribution in [3.8, 4) is 11.5 Å². The summed E-state index contributed by atoms with van der Waals surface area (Å²) in [6, 6.07) is 11.0. The summed E-state index contributed by atoms with van der Waals surface area (Å²) >= 11 is 8.51. The Morgan fingerprint density at radius 2 is 2.14 bits per heavy atom. The van der Waals surface area contributed by atoms with E-state index < -0.39 is 0 Å². The average Bonchev–Trinajstić information content (AvgIpc) is 3.32. The van der Waals surface area contributed by atoms with Crippen molar-refractivity contribution in [1.82, 2.24) is 14.8 Å². The quantitative estimate of drug-likeness (QED) is 0.306. The molecule has 1 atom stereocenters. The standard InChI is InChI=1S/C19H16ClN3O3S2/c1-2-9-23-18(15-10-25-13-5-3-4-6-14(13)26-15)21-22-19(23)27-11-12(24)16-7-8-17(20)28-16/h2-8,15H,1,9-11H2/t15-/m0/s1. The topological polar surface area (TPSA) is 66.2 Å². The Kier molecular flexibility index (Phi) is 5.70. The fourth-order valence-corrected chi connectivity index (χ4v) is 4.67. The molecule has 2 aromatic heterocycles. The molecular formula is C19H16ClN3O3S2. The van der Waals surface area contributed by atoms with E-state index in [1.165, 1.54) is 23.1 Å². The SMILES string of the molecule is C=CCn1c(SCC(=O)c2ccc(Cl)s2)nnc1[C@@H]1COc2ccccc2O1. The maximum atomic E-state index is 12.4. The lowest BCUT2D eigenvalue weighted by molar-refractivity contribution is 0.0821. The number of ketones is 1. The summed E-state index contributed by atoms with van der Waals surface area (Å²) in [5, 5.41) is 9.18. The molecule has 3 heterocycles. The van der Waals surface area contributed by atoms with Crippen LogP contribution in [-0.4, -0.2) is 32.9 Å². The molecule has 0 N–H and O–H groups in total. The minimum atomic E-state index is -0.386. The molecule has 0 aliphatic carbocycles. The Bertz CT molecular complexity index is 1020. The predicted molar refractivity (Wildman–Crippen MR) is 110 cm³/mol. The third-order valence-electron chi connectivity index (χ3n) is 4.03. The molecule has 28 heavy (non-hydrogen) atoms. The van der Waals surface area contributed by atoms with E-state index in [1.54, 1.807) is 18.2 Å². The Hall–Kier alpha value is -2.29. The number of para-hydroxylation sites is 2. The number of benzene rings is 1. The number of carbonyl (C=O) groups excluding carboxylic acids is 1. The van der Waals surface area contributed by atoms with Crippen LogP contribution in [0.4, 0.5) is 0 Å². The van der Waals surface area contributed by atoms with Gasteiger partial charge in [-0.05, 0) is 24.3 Å². The summed E-state index contributed by atoms with van der Waals surface area (Å²) in [6.45, 7) is 4.65. The van der Waals surface area contributed by atoms with Crippen molar-refractivity contribution in [3.63, 3.8) is 0 Å².